The molecule has 2 nitrogen and oxygen atoms in total. The maximum absolute atomic E-state index is 11.3. The van der Waals surface area contributed by atoms with E-state index < -0.39 is 0 Å². The van der Waals surface area contributed by atoms with Crippen molar-refractivity contribution in [1.29, 1.82) is 0 Å². The van der Waals surface area contributed by atoms with Gasteiger partial charge in [0.2, 0.25) is 0 Å². The summed E-state index contributed by atoms with van der Waals surface area (Å²) in [6.45, 7) is 0. The highest BCUT2D eigenvalue weighted by Gasteiger charge is 2.07. The molecule has 3 heteroatoms. The molecule has 1 rings (SSSR count). The molecule has 0 saturated carbocycles. The lowest BCUT2D eigenvalue weighted by Gasteiger charge is -2.02. The van der Waals surface area contributed by atoms with Gasteiger partial charge >= 0.3 is 0 Å². The highest BCUT2D eigenvalue weighted by atomic mass is 35.5. The Bertz CT molecular complexity index is 379. The molecule has 0 unspecified atom stereocenters. The molecule has 0 saturated heterocycles. The average Bonchev–Trinajstić information content (AvgIpc) is 2.16. The third-order valence-electron chi connectivity index (χ3n) is 1.61. The Morgan fingerprint density at radius 2 is 2.31 bits per heavy atom. The zero-order chi connectivity index (χ0) is 9.84. The van der Waals surface area contributed by atoms with Crippen LogP contribution in [0.25, 0.3) is 0 Å². The van der Waals surface area contributed by atoms with Crippen LogP contribution in [0.4, 0.5) is 0 Å². The first-order valence-electron chi connectivity index (χ1n) is 3.67. The molecule has 0 radical (unpaired) electrons. The molecule has 0 spiro atoms. The quantitative estimate of drug-likeness (QED) is 0.676. The minimum atomic E-state index is -0.204. The molecule has 0 fully saturated rings. The van der Waals surface area contributed by atoms with Gasteiger partial charge in [-0.15, -0.1) is 6.42 Å². The lowest BCUT2D eigenvalue weighted by molar-refractivity contribution is 0.0963. The first-order chi connectivity index (χ1) is 6.19. The van der Waals surface area contributed by atoms with Gasteiger partial charge in [0, 0.05) is 17.6 Å². The van der Waals surface area contributed by atoms with Gasteiger partial charge in [-0.25, -0.2) is 0 Å². The van der Waals surface area contributed by atoms with Crippen molar-refractivity contribution in [3.8, 4) is 12.3 Å². The molecule has 66 valence electrons. The molecular weight excluding hydrogens is 186 g/mol. The van der Waals surface area contributed by atoms with Crippen LogP contribution in [-0.4, -0.2) is 13.0 Å². The Morgan fingerprint density at radius 3 is 2.85 bits per heavy atom. The highest BCUT2D eigenvalue weighted by molar-refractivity contribution is 6.30. The Morgan fingerprint density at radius 1 is 1.62 bits per heavy atom. The van der Waals surface area contributed by atoms with Crippen molar-refractivity contribution in [2.24, 2.45) is 0 Å². The number of hydrogen-bond donors (Lipinski definition) is 1. The smallest absolute Gasteiger partial charge is 0.252 e. The van der Waals surface area contributed by atoms with Crippen molar-refractivity contribution in [3.05, 3.63) is 34.3 Å². The number of terminal acetylenes is 1. The molecule has 1 N–H and O–H groups in total. The minimum Gasteiger partial charge on any atom is -0.355 e. The SMILES string of the molecule is C#Cc1cc(Cl)ccc1C(=O)NC. The maximum Gasteiger partial charge on any atom is 0.252 e. The molecule has 1 aromatic rings. The van der Waals surface area contributed by atoms with Gasteiger partial charge in [-0.05, 0) is 18.2 Å². The summed E-state index contributed by atoms with van der Waals surface area (Å²) in [5.41, 5.74) is 0.973. The summed E-state index contributed by atoms with van der Waals surface area (Å²) in [7, 11) is 1.55. The van der Waals surface area contributed by atoms with E-state index in [1.807, 2.05) is 0 Å². The fraction of sp³-hybridized carbons (Fsp3) is 0.100. The van der Waals surface area contributed by atoms with Crippen LogP contribution in [0.3, 0.4) is 0 Å². The molecule has 13 heavy (non-hydrogen) atoms. The fourth-order valence-electron chi connectivity index (χ4n) is 0.969. The van der Waals surface area contributed by atoms with E-state index in [1.165, 1.54) is 0 Å². The van der Waals surface area contributed by atoms with Gasteiger partial charge in [0.25, 0.3) is 5.91 Å². The summed E-state index contributed by atoms with van der Waals surface area (Å²) in [6, 6.07) is 4.83. The topological polar surface area (TPSA) is 29.1 Å². The van der Waals surface area contributed by atoms with E-state index in [0.29, 0.717) is 16.1 Å². The van der Waals surface area contributed by atoms with E-state index in [-0.39, 0.29) is 5.91 Å². The highest BCUT2D eigenvalue weighted by Crippen LogP contribution is 2.14. The van der Waals surface area contributed by atoms with E-state index in [1.54, 1.807) is 25.2 Å². The van der Waals surface area contributed by atoms with Crippen LogP contribution >= 0.6 is 11.6 Å². The monoisotopic (exact) mass is 193 g/mol. The van der Waals surface area contributed by atoms with Crippen molar-refractivity contribution in [2.45, 2.75) is 0 Å². The molecule has 0 bridgehead atoms. The number of nitrogens with one attached hydrogen (secondary N) is 1. The van der Waals surface area contributed by atoms with Crippen molar-refractivity contribution < 1.29 is 4.79 Å². The lowest BCUT2D eigenvalue weighted by atomic mass is 10.1. The Balaban J connectivity index is 3.23. The van der Waals surface area contributed by atoms with E-state index >= 15 is 0 Å². The van der Waals surface area contributed by atoms with E-state index in [0.717, 1.165) is 0 Å². The zero-order valence-electron chi connectivity index (χ0n) is 7.10. The van der Waals surface area contributed by atoms with Crippen LogP contribution in [0.15, 0.2) is 18.2 Å². The molecule has 0 atom stereocenters. The van der Waals surface area contributed by atoms with Crippen molar-refractivity contribution in [2.75, 3.05) is 7.05 Å². The third kappa shape index (κ3) is 2.01. The largest absolute Gasteiger partial charge is 0.355 e. The van der Waals surface area contributed by atoms with Gasteiger partial charge in [0.1, 0.15) is 0 Å². The number of rotatable bonds is 1. The van der Waals surface area contributed by atoms with Crippen LogP contribution in [0.1, 0.15) is 15.9 Å². The zero-order valence-corrected chi connectivity index (χ0v) is 7.85. The number of benzene rings is 1. The number of carbonyl (C=O) groups excluding carboxylic acids is 1. The van der Waals surface area contributed by atoms with Gasteiger partial charge < -0.3 is 5.32 Å². The van der Waals surface area contributed by atoms with Gasteiger partial charge in [-0.3, -0.25) is 4.79 Å². The van der Waals surface area contributed by atoms with Crippen LogP contribution in [0.5, 0.6) is 0 Å². The molecule has 1 aromatic carbocycles. The first-order valence-corrected chi connectivity index (χ1v) is 4.05. The van der Waals surface area contributed by atoms with E-state index in [9.17, 15) is 4.79 Å². The Hall–Kier alpha value is -1.46. The first kappa shape index (κ1) is 9.63. The second-order valence-electron chi connectivity index (χ2n) is 2.41. The van der Waals surface area contributed by atoms with Gasteiger partial charge in [0.15, 0.2) is 0 Å². The molecule has 0 aliphatic carbocycles. The Labute approximate surface area is 81.9 Å². The lowest BCUT2D eigenvalue weighted by Crippen LogP contribution is -2.18. The molecule has 0 aliphatic rings. The third-order valence-corrected chi connectivity index (χ3v) is 1.84. The number of halogens is 1. The summed E-state index contributed by atoms with van der Waals surface area (Å²) in [6.07, 6.45) is 5.22. The summed E-state index contributed by atoms with van der Waals surface area (Å²) in [4.78, 5) is 11.3. The average molecular weight is 194 g/mol. The molecule has 0 aliphatic heterocycles. The standard InChI is InChI=1S/C10H8ClNO/c1-3-7-6-8(11)4-5-9(7)10(13)12-2/h1,4-6H,2H3,(H,12,13). The van der Waals surface area contributed by atoms with Gasteiger partial charge in [-0.2, -0.15) is 0 Å². The van der Waals surface area contributed by atoms with Gasteiger partial charge in [0.05, 0.1) is 5.56 Å². The maximum atomic E-state index is 11.3. The van der Waals surface area contributed by atoms with E-state index in [2.05, 4.69) is 11.2 Å². The summed E-state index contributed by atoms with van der Waals surface area (Å²) < 4.78 is 0. The number of carbonyl (C=O) groups is 1. The summed E-state index contributed by atoms with van der Waals surface area (Å²) in [5.74, 6) is 2.20. The van der Waals surface area contributed by atoms with Crippen molar-refractivity contribution >= 4 is 17.5 Å². The van der Waals surface area contributed by atoms with Crippen molar-refractivity contribution in [1.82, 2.24) is 5.32 Å². The van der Waals surface area contributed by atoms with Gasteiger partial charge in [-0.1, -0.05) is 17.5 Å². The molecule has 0 heterocycles. The van der Waals surface area contributed by atoms with Crippen LogP contribution in [-0.2, 0) is 0 Å². The van der Waals surface area contributed by atoms with E-state index in [4.69, 9.17) is 18.0 Å². The van der Waals surface area contributed by atoms with Crippen LogP contribution in [0, 0.1) is 12.3 Å². The van der Waals surface area contributed by atoms with Crippen LogP contribution in [0.2, 0.25) is 5.02 Å². The van der Waals surface area contributed by atoms with Crippen molar-refractivity contribution in [3.63, 3.8) is 0 Å². The van der Waals surface area contributed by atoms with Crippen LogP contribution < -0.4 is 5.32 Å². The fourth-order valence-corrected chi connectivity index (χ4v) is 1.14. The second-order valence-corrected chi connectivity index (χ2v) is 2.85. The predicted octanol–water partition coefficient (Wildman–Crippen LogP) is 1.68. The summed E-state index contributed by atoms with van der Waals surface area (Å²) >= 11 is 5.72. The normalized spacial score (nSPS) is 9.00. The second kappa shape index (κ2) is 3.97. The molecule has 0 aromatic heterocycles. The number of hydrogen-bond acceptors (Lipinski definition) is 1. The summed E-state index contributed by atoms with van der Waals surface area (Å²) in [5, 5.41) is 3.03. The minimum absolute atomic E-state index is 0.204. The predicted molar refractivity (Wildman–Crippen MR) is 52.8 cm³/mol. The number of amides is 1. The molecule has 1 amide bonds. The Kier molecular flexibility index (Phi) is 2.94. The molecular formula is C10H8ClNO.